The molecule has 0 radical (unpaired) electrons. The van der Waals surface area contributed by atoms with Gasteiger partial charge in [-0.15, -0.1) is 0 Å². The summed E-state index contributed by atoms with van der Waals surface area (Å²) >= 11 is 0. The molecule has 140 valence electrons. The van der Waals surface area contributed by atoms with Crippen LogP contribution < -0.4 is 19.9 Å². The highest BCUT2D eigenvalue weighted by Crippen LogP contribution is 2.46. The molecule has 0 spiro atoms. The van der Waals surface area contributed by atoms with Crippen molar-refractivity contribution in [3.05, 3.63) is 29.1 Å². The Morgan fingerprint density at radius 3 is 2.23 bits per heavy atom. The molecule has 1 aromatic carbocycles. The predicted octanol–water partition coefficient (Wildman–Crippen LogP) is 2.11. The molecule has 0 saturated heterocycles. The maximum absolute atomic E-state index is 12.2. The Morgan fingerprint density at radius 1 is 1.12 bits per heavy atom. The first-order valence-electron chi connectivity index (χ1n) is 7.89. The zero-order valence-corrected chi connectivity index (χ0v) is 15.1. The summed E-state index contributed by atoms with van der Waals surface area (Å²) in [4.78, 5) is 26.7. The fraction of sp³-hybridized carbons (Fsp3) is 0.333. The van der Waals surface area contributed by atoms with E-state index in [1.807, 2.05) is 0 Å². The van der Waals surface area contributed by atoms with E-state index in [4.69, 9.17) is 19.9 Å². The Kier molecular flexibility index (Phi) is 5.89. The third-order valence-corrected chi connectivity index (χ3v) is 4.01. The normalized spacial score (nSPS) is 10.5. The van der Waals surface area contributed by atoms with E-state index < -0.39 is 5.97 Å². The molecule has 0 unspecified atom stereocenters. The number of methoxy groups -OCH3 is 3. The Bertz CT molecular complexity index is 841. The molecule has 2 aromatic rings. The van der Waals surface area contributed by atoms with Crippen LogP contribution >= 0.6 is 0 Å². The van der Waals surface area contributed by atoms with Crippen molar-refractivity contribution in [3.63, 3.8) is 0 Å². The van der Waals surface area contributed by atoms with E-state index in [1.165, 1.54) is 28.3 Å². The molecule has 0 saturated carbocycles. The minimum atomic E-state index is -1.22. The summed E-state index contributed by atoms with van der Waals surface area (Å²) in [5.74, 6) is -0.470. The summed E-state index contributed by atoms with van der Waals surface area (Å²) in [5.41, 5.74) is 7.07. The van der Waals surface area contributed by atoms with Gasteiger partial charge in [0.1, 0.15) is 5.69 Å². The monoisotopic (exact) mass is 362 g/mol. The Morgan fingerprint density at radius 2 is 1.77 bits per heavy atom. The van der Waals surface area contributed by atoms with Crippen molar-refractivity contribution in [3.8, 4) is 28.4 Å². The first kappa shape index (κ1) is 19.3. The summed E-state index contributed by atoms with van der Waals surface area (Å²) in [7, 11) is 4.43. The maximum Gasteiger partial charge on any atom is 0.353 e. The highest BCUT2D eigenvalue weighted by molar-refractivity contribution is 6.10. The van der Waals surface area contributed by atoms with E-state index in [-0.39, 0.29) is 23.6 Å². The molecule has 0 bridgehead atoms. The summed E-state index contributed by atoms with van der Waals surface area (Å²) in [6, 6.07) is 3.36. The zero-order chi connectivity index (χ0) is 19.4. The lowest BCUT2D eigenvalue weighted by Crippen LogP contribution is -2.06. The summed E-state index contributed by atoms with van der Waals surface area (Å²) in [6.45, 7) is 1.60. The largest absolute Gasteiger partial charge is 0.493 e. The predicted molar refractivity (Wildman–Crippen MR) is 95.6 cm³/mol. The molecule has 0 aliphatic rings. The molecule has 26 heavy (non-hydrogen) atoms. The van der Waals surface area contributed by atoms with E-state index in [1.54, 1.807) is 12.1 Å². The number of nitrogens with one attached hydrogen (secondary N) is 1. The van der Waals surface area contributed by atoms with Crippen LogP contribution in [0.5, 0.6) is 17.2 Å². The number of nitrogens with two attached hydrogens (primary N) is 1. The molecule has 0 aliphatic heterocycles. The van der Waals surface area contributed by atoms with Gasteiger partial charge in [-0.25, -0.2) is 4.79 Å². The second-order valence-electron chi connectivity index (χ2n) is 5.51. The van der Waals surface area contributed by atoms with Crippen molar-refractivity contribution in [1.29, 1.82) is 0 Å². The van der Waals surface area contributed by atoms with Crippen molar-refractivity contribution >= 4 is 11.8 Å². The smallest absolute Gasteiger partial charge is 0.353 e. The number of aromatic nitrogens is 1. The number of hydrogen-bond acceptors (Lipinski definition) is 6. The Hall–Kier alpha value is -3.00. The Balaban J connectivity index is 2.91. The lowest BCUT2D eigenvalue weighted by molar-refractivity contribution is 0.0686. The van der Waals surface area contributed by atoms with Crippen LogP contribution in [0.15, 0.2) is 12.1 Å². The quantitative estimate of drug-likeness (QED) is 0.614. The Labute approximate surface area is 150 Å². The number of carbonyl (C=O) groups excluding carboxylic acids is 1. The number of carboxylic acids is 1. The number of H-pyrrole nitrogens is 1. The van der Waals surface area contributed by atoms with Gasteiger partial charge in [-0.3, -0.25) is 4.79 Å². The maximum atomic E-state index is 12.2. The molecule has 0 atom stereocenters. The summed E-state index contributed by atoms with van der Waals surface area (Å²) in [6.07, 6.45) is 0.362. The van der Waals surface area contributed by atoms with Gasteiger partial charge in [0.25, 0.3) is 0 Å². The standard InChI is InChI=1S/C18H22N2O6/c1-9(21)13-14(11(7-8-19)20-15(13)18(22)23)10-5-6-12(24-2)17(26-4)16(10)25-3/h5-6,20H,7-8,19H2,1-4H3,(H,22,23). The molecular weight excluding hydrogens is 340 g/mol. The first-order chi connectivity index (χ1) is 12.4. The topological polar surface area (TPSA) is 124 Å². The second-order valence-corrected chi connectivity index (χ2v) is 5.51. The van der Waals surface area contributed by atoms with Crippen molar-refractivity contribution in [1.82, 2.24) is 4.98 Å². The zero-order valence-electron chi connectivity index (χ0n) is 15.1. The van der Waals surface area contributed by atoms with Gasteiger partial charge >= 0.3 is 5.97 Å². The van der Waals surface area contributed by atoms with E-state index in [0.29, 0.717) is 40.5 Å². The van der Waals surface area contributed by atoms with Crippen molar-refractivity contribution in [2.24, 2.45) is 5.73 Å². The van der Waals surface area contributed by atoms with Gasteiger partial charge in [0.2, 0.25) is 5.75 Å². The average molecular weight is 362 g/mol. The average Bonchev–Trinajstić information content (AvgIpc) is 3.00. The lowest BCUT2D eigenvalue weighted by atomic mass is 9.95. The van der Waals surface area contributed by atoms with Crippen molar-refractivity contribution in [2.75, 3.05) is 27.9 Å². The lowest BCUT2D eigenvalue weighted by Gasteiger charge is -2.17. The number of ether oxygens (including phenoxy) is 3. The van der Waals surface area contributed by atoms with E-state index >= 15 is 0 Å². The van der Waals surface area contributed by atoms with Gasteiger partial charge in [0, 0.05) is 23.2 Å². The van der Waals surface area contributed by atoms with Crippen LogP contribution in [0, 0.1) is 0 Å². The molecule has 8 nitrogen and oxygen atoms in total. The van der Waals surface area contributed by atoms with E-state index in [0.717, 1.165) is 0 Å². The number of aromatic amines is 1. The first-order valence-corrected chi connectivity index (χ1v) is 7.89. The van der Waals surface area contributed by atoms with Gasteiger partial charge < -0.3 is 30.0 Å². The van der Waals surface area contributed by atoms with Crippen LogP contribution in [0.4, 0.5) is 0 Å². The molecular formula is C18H22N2O6. The van der Waals surface area contributed by atoms with Crippen LogP contribution in [0.2, 0.25) is 0 Å². The van der Waals surface area contributed by atoms with Crippen LogP contribution in [0.1, 0.15) is 33.5 Å². The number of Topliss-reactive ketones (excluding diaryl/α,β-unsaturated/α-hetero) is 1. The van der Waals surface area contributed by atoms with Crippen LogP contribution in [-0.2, 0) is 6.42 Å². The number of aromatic carboxylic acids is 1. The number of ketones is 1. The van der Waals surface area contributed by atoms with Crippen molar-refractivity contribution in [2.45, 2.75) is 13.3 Å². The third-order valence-electron chi connectivity index (χ3n) is 4.01. The molecule has 1 aromatic heterocycles. The van der Waals surface area contributed by atoms with Gasteiger partial charge in [-0.05, 0) is 25.6 Å². The number of carboxylic acid groups (broad SMARTS) is 1. The van der Waals surface area contributed by atoms with Crippen LogP contribution in [0.3, 0.4) is 0 Å². The fourth-order valence-electron chi connectivity index (χ4n) is 2.99. The number of benzene rings is 1. The molecule has 0 amide bonds. The van der Waals surface area contributed by atoms with Gasteiger partial charge in [-0.2, -0.15) is 0 Å². The summed E-state index contributed by atoms with van der Waals surface area (Å²) in [5, 5.41) is 9.49. The minimum Gasteiger partial charge on any atom is -0.493 e. The molecule has 4 N–H and O–H groups in total. The SMILES string of the molecule is COc1ccc(-c2c(CCN)[nH]c(C(=O)O)c2C(C)=O)c(OC)c1OC. The van der Waals surface area contributed by atoms with E-state index in [9.17, 15) is 14.7 Å². The fourth-order valence-corrected chi connectivity index (χ4v) is 2.99. The molecule has 0 fully saturated rings. The molecule has 1 heterocycles. The molecule has 2 rings (SSSR count). The number of hydrogen-bond donors (Lipinski definition) is 3. The third kappa shape index (κ3) is 3.23. The van der Waals surface area contributed by atoms with Crippen molar-refractivity contribution < 1.29 is 28.9 Å². The number of carbonyl (C=O) groups is 2. The summed E-state index contributed by atoms with van der Waals surface area (Å²) < 4.78 is 16.2. The molecule has 0 aliphatic carbocycles. The van der Waals surface area contributed by atoms with E-state index in [2.05, 4.69) is 4.98 Å². The highest BCUT2D eigenvalue weighted by atomic mass is 16.5. The van der Waals surface area contributed by atoms with Gasteiger partial charge in [0.05, 0.1) is 26.9 Å². The molecule has 8 heteroatoms. The van der Waals surface area contributed by atoms with Gasteiger partial charge in [-0.1, -0.05) is 0 Å². The highest BCUT2D eigenvalue weighted by Gasteiger charge is 2.29. The number of rotatable bonds is 8. The minimum absolute atomic E-state index is 0.0754. The van der Waals surface area contributed by atoms with Gasteiger partial charge in [0.15, 0.2) is 17.3 Å². The second kappa shape index (κ2) is 7.92. The van der Waals surface area contributed by atoms with Crippen LogP contribution in [-0.4, -0.2) is 49.7 Å². The van der Waals surface area contributed by atoms with Crippen LogP contribution in [0.25, 0.3) is 11.1 Å².